The lowest BCUT2D eigenvalue weighted by Gasteiger charge is -2.36. The molecule has 3 aliphatic rings. The molecule has 3 aliphatic heterocycles. The zero-order valence-electron chi connectivity index (χ0n) is 9.21. The van der Waals surface area contributed by atoms with Crippen LogP contribution >= 0.6 is 0 Å². The molecule has 0 fully saturated rings. The van der Waals surface area contributed by atoms with Crippen molar-refractivity contribution in [3.8, 4) is 0 Å². The van der Waals surface area contributed by atoms with E-state index in [2.05, 4.69) is 22.8 Å². The van der Waals surface area contributed by atoms with Crippen LogP contribution in [0.1, 0.15) is 13.3 Å². The van der Waals surface area contributed by atoms with Gasteiger partial charge in [-0.3, -0.25) is 15.1 Å². The maximum Gasteiger partial charge on any atom is 0.253 e. The maximum absolute atomic E-state index is 11.9. The minimum absolute atomic E-state index is 0.0863. The van der Waals surface area contributed by atoms with E-state index in [1.54, 1.807) is 4.90 Å². The monoisotopic (exact) mass is 218 g/mol. The average Bonchev–Trinajstić information content (AvgIpc) is 2.29. The van der Waals surface area contributed by atoms with Gasteiger partial charge in [-0.1, -0.05) is 0 Å². The van der Waals surface area contributed by atoms with Crippen LogP contribution in [0.5, 0.6) is 0 Å². The maximum atomic E-state index is 11.9. The van der Waals surface area contributed by atoms with E-state index in [-0.39, 0.29) is 5.91 Å². The Labute approximate surface area is 93.9 Å². The minimum atomic E-state index is 0.0863. The van der Waals surface area contributed by atoms with Gasteiger partial charge in [0, 0.05) is 25.2 Å². The summed E-state index contributed by atoms with van der Waals surface area (Å²) in [5.41, 5.74) is 6.35. The Balaban J connectivity index is 2.11. The summed E-state index contributed by atoms with van der Waals surface area (Å²) in [6.45, 7) is 4.14. The Morgan fingerprint density at radius 3 is 3.19 bits per heavy atom. The lowest BCUT2D eigenvalue weighted by atomic mass is 9.95. The summed E-state index contributed by atoms with van der Waals surface area (Å²) in [6.07, 6.45) is 2.86. The van der Waals surface area contributed by atoms with Gasteiger partial charge in [-0.25, -0.2) is 0 Å². The molecule has 0 atom stereocenters. The molecule has 5 heteroatoms. The molecular formula is C11H14N4O. The first-order valence-electron chi connectivity index (χ1n) is 5.52. The highest BCUT2D eigenvalue weighted by Crippen LogP contribution is 2.29. The Hall–Kier alpha value is -1.62. The van der Waals surface area contributed by atoms with Crippen molar-refractivity contribution in [3.63, 3.8) is 0 Å². The molecule has 0 unspecified atom stereocenters. The molecule has 84 valence electrons. The number of hydrogen-bond donors (Lipinski definition) is 2. The predicted molar refractivity (Wildman–Crippen MR) is 60.6 cm³/mol. The van der Waals surface area contributed by atoms with E-state index >= 15 is 0 Å². The molecule has 0 aliphatic carbocycles. The van der Waals surface area contributed by atoms with Crippen molar-refractivity contribution in [1.82, 2.24) is 15.6 Å². The Morgan fingerprint density at radius 2 is 2.31 bits per heavy atom. The predicted octanol–water partition coefficient (Wildman–Crippen LogP) is -0.0610. The second-order valence-corrected chi connectivity index (χ2v) is 4.21. The van der Waals surface area contributed by atoms with Gasteiger partial charge in [-0.05, 0) is 24.1 Å². The number of carbonyl (C=O) groups excluding carboxylic acids is 1. The summed E-state index contributed by atoms with van der Waals surface area (Å²) in [5.74, 6) is 0.817. The van der Waals surface area contributed by atoms with Gasteiger partial charge < -0.3 is 5.32 Å². The summed E-state index contributed by atoms with van der Waals surface area (Å²) in [4.78, 5) is 13.7. The summed E-state index contributed by atoms with van der Waals surface area (Å²) in [5, 5.41) is 7.52. The third-order valence-electron chi connectivity index (χ3n) is 3.18. The number of amidine groups is 1. The summed E-state index contributed by atoms with van der Waals surface area (Å²) in [7, 11) is 0. The molecule has 0 saturated heterocycles. The van der Waals surface area contributed by atoms with Crippen LogP contribution in [0.15, 0.2) is 28.0 Å². The number of amides is 1. The van der Waals surface area contributed by atoms with Crippen LogP contribution in [0.3, 0.4) is 0 Å². The van der Waals surface area contributed by atoms with Gasteiger partial charge in [0.05, 0.1) is 0 Å². The van der Waals surface area contributed by atoms with E-state index < -0.39 is 0 Å². The first-order chi connectivity index (χ1) is 7.77. The highest BCUT2D eigenvalue weighted by atomic mass is 16.2. The van der Waals surface area contributed by atoms with Gasteiger partial charge in [0.25, 0.3) is 5.91 Å². The topological polar surface area (TPSA) is 56.7 Å². The van der Waals surface area contributed by atoms with Crippen LogP contribution in [0, 0.1) is 0 Å². The molecule has 0 aromatic rings. The zero-order chi connectivity index (χ0) is 11.1. The number of carbonyl (C=O) groups is 1. The number of hydrazone groups is 1. The van der Waals surface area contributed by atoms with Crippen molar-refractivity contribution in [2.75, 3.05) is 19.6 Å². The molecule has 0 bridgehead atoms. The van der Waals surface area contributed by atoms with Crippen molar-refractivity contribution in [3.05, 3.63) is 22.9 Å². The van der Waals surface area contributed by atoms with Crippen molar-refractivity contribution in [1.29, 1.82) is 0 Å². The highest BCUT2D eigenvalue weighted by Gasteiger charge is 2.32. The first-order valence-corrected chi connectivity index (χ1v) is 5.52. The molecule has 1 amide bonds. The molecule has 16 heavy (non-hydrogen) atoms. The van der Waals surface area contributed by atoms with Crippen LogP contribution in [-0.2, 0) is 4.79 Å². The second kappa shape index (κ2) is 3.45. The van der Waals surface area contributed by atoms with E-state index in [0.717, 1.165) is 31.0 Å². The molecular weight excluding hydrogens is 204 g/mol. The zero-order valence-corrected chi connectivity index (χ0v) is 9.21. The molecule has 3 heterocycles. The van der Waals surface area contributed by atoms with Crippen molar-refractivity contribution in [2.45, 2.75) is 13.3 Å². The van der Waals surface area contributed by atoms with Gasteiger partial charge in [0.15, 0.2) is 5.84 Å². The summed E-state index contributed by atoms with van der Waals surface area (Å²) in [6, 6.07) is 0. The third kappa shape index (κ3) is 1.28. The highest BCUT2D eigenvalue weighted by molar-refractivity contribution is 6.09. The molecule has 2 N–H and O–H groups in total. The fourth-order valence-electron chi connectivity index (χ4n) is 2.40. The fourth-order valence-corrected chi connectivity index (χ4v) is 2.40. The van der Waals surface area contributed by atoms with E-state index in [1.165, 1.54) is 11.1 Å². The molecule has 0 radical (unpaired) electrons. The molecule has 5 nitrogen and oxygen atoms in total. The van der Waals surface area contributed by atoms with E-state index in [9.17, 15) is 4.79 Å². The molecule has 0 aromatic heterocycles. The van der Waals surface area contributed by atoms with Gasteiger partial charge >= 0.3 is 0 Å². The van der Waals surface area contributed by atoms with E-state index in [1.807, 2.05) is 6.08 Å². The van der Waals surface area contributed by atoms with Gasteiger partial charge in [0.1, 0.15) is 6.54 Å². The summed E-state index contributed by atoms with van der Waals surface area (Å²) < 4.78 is 0. The standard InChI is InChI=1S/C11H14N4O/c1-7-4-10-14-13-6-11(16)15(10)9-2-3-12-5-8(7)9/h4,12-13H,2-3,5-6H2,1H3. The lowest BCUT2D eigenvalue weighted by Crippen LogP contribution is -2.49. The fraction of sp³-hybridized carbons (Fsp3) is 0.455. The first kappa shape index (κ1) is 9.59. The normalized spacial score (nSPS) is 24.3. The molecule has 0 aromatic carbocycles. The summed E-state index contributed by atoms with van der Waals surface area (Å²) >= 11 is 0. The SMILES string of the molecule is CC1=CC2=NNCC(=O)N2C2=C1CNCC2. The van der Waals surface area contributed by atoms with Crippen LogP contribution in [0.25, 0.3) is 0 Å². The second-order valence-electron chi connectivity index (χ2n) is 4.21. The van der Waals surface area contributed by atoms with Gasteiger partial charge in [-0.2, -0.15) is 5.10 Å². The van der Waals surface area contributed by atoms with E-state index in [0.29, 0.717) is 6.54 Å². The van der Waals surface area contributed by atoms with Crippen molar-refractivity contribution < 1.29 is 4.79 Å². The lowest BCUT2D eigenvalue weighted by molar-refractivity contribution is -0.125. The van der Waals surface area contributed by atoms with Crippen molar-refractivity contribution in [2.24, 2.45) is 5.10 Å². The number of fused-ring (bicyclic) bond motifs is 2. The van der Waals surface area contributed by atoms with Crippen LogP contribution < -0.4 is 10.7 Å². The number of rotatable bonds is 0. The Bertz CT molecular complexity index is 447. The Morgan fingerprint density at radius 1 is 1.44 bits per heavy atom. The quantitative estimate of drug-likeness (QED) is 0.599. The minimum Gasteiger partial charge on any atom is -0.312 e. The average molecular weight is 218 g/mol. The van der Waals surface area contributed by atoms with Crippen molar-refractivity contribution >= 4 is 11.7 Å². The van der Waals surface area contributed by atoms with Crippen LogP contribution in [0.2, 0.25) is 0 Å². The number of nitrogens with zero attached hydrogens (tertiary/aromatic N) is 2. The van der Waals surface area contributed by atoms with Gasteiger partial charge in [-0.15, -0.1) is 0 Å². The van der Waals surface area contributed by atoms with Crippen LogP contribution in [-0.4, -0.2) is 36.3 Å². The van der Waals surface area contributed by atoms with Crippen LogP contribution in [0.4, 0.5) is 0 Å². The molecule has 0 spiro atoms. The third-order valence-corrected chi connectivity index (χ3v) is 3.18. The number of nitrogens with one attached hydrogen (secondary N) is 2. The van der Waals surface area contributed by atoms with E-state index in [4.69, 9.17) is 0 Å². The largest absolute Gasteiger partial charge is 0.312 e. The molecule has 3 rings (SSSR count). The van der Waals surface area contributed by atoms with Gasteiger partial charge in [0.2, 0.25) is 0 Å². The Kier molecular flexibility index (Phi) is 2.07. The number of hydrogen-bond acceptors (Lipinski definition) is 4. The molecule has 0 saturated carbocycles. The smallest absolute Gasteiger partial charge is 0.253 e.